The minimum atomic E-state index is -0.972. The van der Waals surface area contributed by atoms with Crippen molar-refractivity contribution in [3.63, 3.8) is 0 Å². The molecule has 0 atom stereocenters. The maximum Gasteiger partial charge on any atom is 0.256 e. The van der Waals surface area contributed by atoms with E-state index in [1.807, 2.05) is 37.3 Å². The molecule has 2 heterocycles. The number of carbonyl (C=O) groups excluding carboxylic acids is 1. The van der Waals surface area contributed by atoms with E-state index < -0.39 is 42.1 Å². The summed E-state index contributed by atoms with van der Waals surface area (Å²) in [6, 6.07) is 20.1. The van der Waals surface area contributed by atoms with Crippen LogP contribution >= 0.6 is 0 Å². The Kier molecular flexibility index (Phi) is 9.37. The average molecular weight is 600 g/mol. The number of aliphatic hydroxyl groups excluding tert-OH is 2. The van der Waals surface area contributed by atoms with Crippen molar-refractivity contribution in [1.29, 1.82) is 0 Å². The van der Waals surface area contributed by atoms with Gasteiger partial charge in [0, 0.05) is 29.1 Å². The third-order valence-corrected chi connectivity index (χ3v) is 7.21. The van der Waals surface area contributed by atoms with Crippen LogP contribution < -0.4 is 16.2 Å². The Bertz CT molecular complexity index is 1840. The lowest BCUT2D eigenvalue weighted by Gasteiger charge is -2.18. The highest BCUT2D eigenvalue weighted by Gasteiger charge is 2.22. The van der Waals surface area contributed by atoms with Gasteiger partial charge in [-0.25, -0.2) is 13.8 Å². The number of amides is 1. The quantitative estimate of drug-likeness (QED) is 0.168. The summed E-state index contributed by atoms with van der Waals surface area (Å²) in [5.74, 6) is -2.34. The van der Waals surface area contributed by atoms with Crippen LogP contribution in [0, 0.1) is 18.6 Å². The first-order valence-corrected chi connectivity index (χ1v) is 14.1. The number of rotatable bonds is 11. The molecule has 9 nitrogen and oxygen atoms in total. The molecule has 2 aromatic heterocycles. The largest absolute Gasteiger partial charge is 0.394 e. The maximum absolute atomic E-state index is 14.9. The highest BCUT2D eigenvalue weighted by molar-refractivity contribution is 5.98. The van der Waals surface area contributed by atoms with E-state index in [0.29, 0.717) is 17.7 Å². The molecule has 3 aromatic carbocycles. The van der Waals surface area contributed by atoms with E-state index in [-0.39, 0.29) is 28.6 Å². The first kappa shape index (κ1) is 30.5. The molecule has 0 aliphatic carbocycles. The number of benzene rings is 3. The van der Waals surface area contributed by atoms with Crippen molar-refractivity contribution in [2.75, 3.05) is 25.1 Å². The lowest BCUT2D eigenvalue weighted by Crippen LogP contribution is -2.29. The van der Waals surface area contributed by atoms with Crippen LogP contribution in [-0.2, 0) is 6.42 Å². The van der Waals surface area contributed by atoms with Crippen LogP contribution in [0.3, 0.4) is 0 Å². The van der Waals surface area contributed by atoms with Crippen molar-refractivity contribution in [2.45, 2.75) is 25.8 Å². The Morgan fingerprint density at radius 2 is 1.66 bits per heavy atom. The number of anilines is 1. The van der Waals surface area contributed by atoms with Gasteiger partial charge in [0.1, 0.15) is 17.3 Å². The summed E-state index contributed by atoms with van der Waals surface area (Å²) in [5.41, 5.74) is 1.60. The molecule has 0 spiro atoms. The molecule has 44 heavy (non-hydrogen) atoms. The van der Waals surface area contributed by atoms with E-state index >= 15 is 0 Å². The van der Waals surface area contributed by atoms with Crippen molar-refractivity contribution in [3.8, 4) is 16.9 Å². The second-order valence-corrected chi connectivity index (χ2v) is 10.3. The molecule has 0 aliphatic rings. The Labute approximate surface area is 251 Å². The van der Waals surface area contributed by atoms with E-state index in [9.17, 15) is 28.6 Å². The van der Waals surface area contributed by atoms with Gasteiger partial charge in [-0.15, -0.1) is 0 Å². The second-order valence-electron chi connectivity index (χ2n) is 10.3. The number of nitrogens with one attached hydrogen (secondary N) is 2. The van der Waals surface area contributed by atoms with E-state index in [4.69, 9.17) is 0 Å². The predicted octanol–water partition coefficient (Wildman–Crippen LogP) is 4.16. The number of aryl methyl sites for hydroxylation is 2. The summed E-state index contributed by atoms with van der Waals surface area (Å²) >= 11 is 0. The minimum Gasteiger partial charge on any atom is -0.394 e. The van der Waals surface area contributed by atoms with Gasteiger partial charge in [0.15, 0.2) is 5.65 Å². The standard InChI is InChI=1S/C33H31F2N5O4/c1-20-12-13-22(32(44)36-16-6-9-21-7-3-2-4-8-21)17-25(20)29-24-14-15-28(43)40(30-26(34)10-5-11-27(30)35)31(24)39-33(38-29)37-23(18-41)19-42/h2-5,7-8,10-15,17,23,41-42H,6,9,16,18-19H2,1H3,(H,36,44)(H,37,38,39). The highest BCUT2D eigenvalue weighted by Crippen LogP contribution is 2.32. The number of aromatic nitrogens is 3. The van der Waals surface area contributed by atoms with Gasteiger partial charge in [-0.3, -0.25) is 14.2 Å². The Hall–Kier alpha value is -5.00. The molecule has 4 N–H and O–H groups in total. The van der Waals surface area contributed by atoms with Gasteiger partial charge in [0.25, 0.3) is 11.5 Å². The summed E-state index contributed by atoms with van der Waals surface area (Å²) in [6.07, 6.45) is 1.57. The molecular weight excluding hydrogens is 568 g/mol. The van der Waals surface area contributed by atoms with Gasteiger partial charge in [-0.2, -0.15) is 4.98 Å². The van der Waals surface area contributed by atoms with Crippen LogP contribution in [0.25, 0.3) is 28.0 Å². The van der Waals surface area contributed by atoms with E-state index in [2.05, 4.69) is 20.6 Å². The van der Waals surface area contributed by atoms with Gasteiger partial charge >= 0.3 is 0 Å². The highest BCUT2D eigenvalue weighted by atomic mass is 19.1. The molecule has 0 aliphatic heterocycles. The van der Waals surface area contributed by atoms with Crippen molar-refractivity contribution >= 4 is 22.9 Å². The van der Waals surface area contributed by atoms with Crippen LogP contribution in [0.1, 0.15) is 27.9 Å². The van der Waals surface area contributed by atoms with E-state index in [1.165, 1.54) is 17.7 Å². The summed E-state index contributed by atoms with van der Waals surface area (Å²) in [6.45, 7) is 1.35. The number of pyridine rings is 1. The van der Waals surface area contributed by atoms with Gasteiger partial charge in [0.2, 0.25) is 5.95 Å². The van der Waals surface area contributed by atoms with Gasteiger partial charge in [-0.1, -0.05) is 42.5 Å². The van der Waals surface area contributed by atoms with Crippen LogP contribution in [0.2, 0.25) is 0 Å². The van der Waals surface area contributed by atoms with Gasteiger partial charge in [0.05, 0.1) is 24.9 Å². The number of fused-ring (bicyclic) bond motifs is 1. The molecule has 5 rings (SSSR count). The Morgan fingerprint density at radius 3 is 2.36 bits per heavy atom. The third kappa shape index (κ3) is 6.48. The van der Waals surface area contributed by atoms with Crippen LogP contribution in [-0.4, -0.2) is 56.5 Å². The maximum atomic E-state index is 14.9. The molecule has 0 bridgehead atoms. The molecule has 0 fully saturated rings. The van der Waals surface area contributed by atoms with Crippen molar-refractivity contribution < 1.29 is 23.8 Å². The van der Waals surface area contributed by atoms with E-state index in [0.717, 1.165) is 41.2 Å². The van der Waals surface area contributed by atoms with Crippen LogP contribution in [0.4, 0.5) is 14.7 Å². The Morgan fingerprint density at radius 1 is 0.932 bits per heavy atom. The zero-order valence-electron chi connectivity index (χ0n) is 23.9. The smallest absolute Gasteiger partial charge is 0.256 e. The molecule has 5 aromatic rings. The number of aliphatic hydroxyl groups is 2. The molecule has 0 saturated heterocycles. The first-order valence-electron chi connectivity index (χ1n) is 14.1. The average Bonchev–Trinajstić information content (AvgIpc) is 3.03. The van der Waals surface area contributed by atoms with Crippen LogP contribution in [0.15, 0.2) is 83.7 Å². The van der Waals surface area contributed by atoms with Gasteiger partial charge < -0.3 is 20.8 Å². The third-order valence-electron chi connectivity index (χ3n) is 7.21. The number of carbonyl (C=O) groups is 1. The topological polar surface area (TPSA) is 129 Å². The predicted molar refractivity (Wildman–Crippen MR) is 164 cm³/mol. The lowest BCUT2D eigenvalue weighted by molar-refractivity contribution is 0.0953. The number of hydrogen-bond donors (Lipinski definition) is 4. The van der Waals surface area contributed by atoms with Crippen molar-refractivity contribution in [1.82, 2.24) is 19.9 Å². The fraction of sp³-hybridized carbons (Fsp3) is 0.212. The molecule has 226 valence electrons. The molecule has 0 saturated carbocycles. The number of nitrogens with zero attached hydrogens (tertiary/aromatic N) is 3. The molecular formula is C33H31F2N5O4. The first-order chi connectivity index (χ1) is 21.3. The molecule has 0 unspecified atom stereocenters. The summed E-state index contributed by atoms with van der Waals surface area (Å²) in [4.78, 5) is 35.2. The van der Waals surface area contributed by atoms with Gasteiger partial charge in [-0.05, 0) is 61.2 Å². The summed E-state index contributed by atoms with van der Waals surface area (Å²) < 4.78 is 30.7. The normalized spacial score (nSPS) is 11.2. The zero-order chi connectivity index (χ0) is 31.2. The zero-order valence-corrected chi connectivity index (χ0v) is 23.9. The fourth-order valence-corrected chi connectivity index (χ4v) is 4.89. The number of para-hydroxylation sites is 1. The van der Waals surface area contributed by atoms with Crippen molar-refractivity contribution in [3.05, 3.63) is 118 Å². The molecule has 0 radical (unpaired) electrons. The molecule has 1 amide bonds. The molecule has 11 heteroatoms. The minimum absolute atomic E-state index is 0.105. The number of halogens is 2. The number of hydrogen-bond acceptors (Lipinski definition) is 7. The Balaban J connectivity index is 1.58. The van der Waals surface area contributed by atoms with E-state index in [1.54, 1.807) is 18.2 Å². The van der Waals surface area contributed by atoms with Crippen molar-refractivity contribution in [2.24, 2.45) is 0 Å². The fourth-order valence-electron chi connectivity index (χ4n) is 4.89. The monoisotopic (exact) mass is 599 g/mol. The summed E-state index contributed by atoms with van der Waals surface area (Å²) in [5, 5.41) is 25.3. The SMILES string of the molecule is Cc1ccc(C(=O)NCCCc2ccccc2)cc1-c1nc(NC(CO)CO)nc2c1ccc(=O)n2-c1c(F)cccc1F. The lowest BCUT2D eigenvalue weighted by atomic mass is 9.99. The summed E-state index contributed by atoms with van der Waals surface area (Å²) in [7, 11) is 0. The van der Waals surface area contributed by atoms with Crippen LogP contribution in [0.5, 0.6) is 0 Å². The second kappa shape index (κ2) is 13.5.